The van der Waals surface area contributed by atoms with Crippen LogP contribution in [-0.4, -0.2) is 12.5 Å². The Hall–Kier alpha value is -3.12. The maximum absolute atomic E-state index is 12.8. The third kappa shape index (κ3) is 4.58. The Bertz CT molecular complexity index is 966. The average molecular weight is 384 g/mol. The van der Waals surface area contributed by atoms with Gasteiger partial charge >= 0.3 is 6.18 Å². The quantitative estimate of drug-likeness (QED) is 0.641. The first-order chi connectivity index (χ1) is 13.4. The number of carbonyl (C=O) groups is 1. The summed E-state index contributed by atoms with van der Waals surface area (Å²) < 4.78 is 38.4. The van der Waals surface area contributed by atoms with Gasteiger partial charge in [-0.15, -0.1) is 0 Å². The molecule has 0 aliphatic carbocycles. The topological polar surface area (TPSA) is 55.1 Å². The molecule has 0 fully saturated rings. The van der Waals surface area contributed by atoms with Gasteiger partial charge in [0.05, 0.1) is 5.56 Å². The number of amides is 1. The van der Waals surface area contributed by atoms with Crippen molar-refractivity contribution in [1.82, 2.24) is 0 Å². The van der Waals surface area contributed by atoms with Crippen molar-refractivity contribution >= 4 is 11.6 Å². The summed E-state index contributed by atoms with van der Waals surface area (Å²) in [5.41, 5.74) is 7.97. The van der Waals surface area contributed by atoms with Crippen LogP contribution in [0.1, 0.15) is 21.5 Å². The molecular formula is C22H19F3N2O. The minimum absolute atomic E-state index is 0.333. The average Bonchev–Trinajstić information content (AvgIpc) is 2.68. The third-order valence-electron chi connectivity index (χ3n) is 4.31. The molecule has 3 rings (SSSR count). The molecule has 0 atom stereocenters. The minimum atomic E-state index is -4.40. The number of nitrogens with two attached hydrogens (primary N) is 1. The van der Waals surface area contributed by atoms with Crippen molar-refractivity contribution in [3.63, 3.8) is 0 Å². The Balaban J connectivity index is 1.87. The summed E-state index contributed by atoms with van der Waals surface area (Å²) >= 11 is 0. The number of benzene rings is 3. The second kappa shape index (κ2) is 8.27. The molecule has 0 spiro atoms. The molecule has 0 bridgehead atoms. The van der Waals surface area contributed by atoms with Crippen molar-refractivity contribution in [3.8, 4) is 11.1 Å². The summed E-state index contributed by atoms with van der Waals surface area (Å²) in [4.78, 5) is 12.8. The lowest BCUT2D eigenvalue weighted by atomic mass is 9.98. The molecule has 0 aliphatic rings. The standard InChI is InChI=1S/C22H19F3N2O/c23-22(24,25)17-10-8-16(9-11-17)19-6-1-2-7-20(19)21(28)27-18-5-3-4-15(14-18)12-13-26/h1-11,14H,12-13,26H2,(H,27,28). The van der Waals surface area contributed by atoms with E-state index in [2.05, 4.69) is 5.32 Å². The first-order valence-electron chi connectivity index (χ1n) is 8.75. The van der Waals surface area contributed by atoms with Crippen LogP contribution in [0.15, 0.2) is 72.8 Å². The van der Waals surface area contributed by atoms with Gasteiger partial charge < -0.3 is 11.1 Å². The summed E-state index contributed by atoms with van der Waals surface area (Å²) in [7, 11) is 0. The largest absolute Gasteiger partial charge is 0.416 e. The third-order valence-corrected chi connectivity index (χ3v) is 4.31. The Kier molecular flexibility index (Phi) is 5.80. The molecular weight excluding hydrogens is 365 g/mol. The van der Waals surface area contributed by atoms with Gasteiger partial charge in [0.1, 0.15) is 0 Å². The van der Waals surface area contributed by atoms with Gasteiger partial charge in [0.15, 0.2) is 0 Å². The predicted molar refractivity (Wildman–Crippen MR) is 104 cm³/mol. The van der Waals surface area contributed by atoms with E-state index in [9.17, 15) is 18.0 Å². The number of hydrogen-bond donors (Lipinski definition) is 2. The van der Waals surface area contributed by atoms with Gasteiger partial charge in [0.25, 0.3) is 5.91 Å². The van der Waals surface area contributed by atoms with Gasteiger partial charge in [0, 0.05) is 11.3 Å². The first-order valence-corrected chi connectivity index (χ1v) is 8.75. The molecule has 144 valence electrons. The number of hydrogen-bond acceptors (Lipinski definition) is 2. The lowest BCUT2D eigenvalue weighted by Crippen LogP contribution is -2.13. The molecule has 0 unspecified atom stereocenters. The van der Waals surface area contributed by atoms with Gasteiger partial charge in [0.2, 0.25) is 0 Å². The lowest BCUT2D eigenvalue weighted by molar-refractivity contribution is -0.137. The van der Waals surface area contributed by atoms with Gasteiger partial charge in [-0.05, 0) is 60.0 Å². The van der Waals surface area contributed by atoms with Crippen molar-refractivity contribution in [3.05, 3.63) is 89.5 Å². The van der Waals surface area contributed by atoms with Crippen LogP contribution in [0, 0.1) is 0 Å². The summed E-state index contributed by atoms with van der Waals surface area (Å²) in [6, 6.07) is 19.0. The molecule has 0 saturated heterocycles. The van der Waals surface area contributed by atoms with Crippen molar-refractivity contribution < 1.29 is 18.0 Å². The van der Waals surface area contributed by atoms with E-state index in [0.717, 1.165) is 17.7 Å². The molecule has 3 nitrogen and oxygen atoms in total. The van der Waals surface area contributed by atoms with E-state index in [0.29, 0.717) is 35.3 Å². The molecule has 3 aromatic rings. The number of anilines is 1. The van der Waals surface area contributed by atoms with Crippen LogP contribution in [0.3, 0.4) is 0 Å². The van der Waals surface area contributed by atoms with Gasteiger partial charge in [-0.2, -0.15) is 13.2 Å². The molecule has 3 aromatic carbocycles. The van der Waals surface area contributed by atoms with E-state index in [1.54, 1.807) is 30.3 Å². The zero-order valence-corrected chi connectivity index (χ0v) is 15.0. The molecule has 28 heavy (non-hydrogen) atoms. The highest BCUT2D eigenvalue weighted by Crippen LogP contribution is 2.32. The maximum atomic E-state index is 12.8. The fourth-order valence-corrected chi connectivity index (χ4v) is 2.94. The van der Waals surface area contributed by atoms with Gasteiger partial charge in [-0.1, -0.05) is 42.5 Å². The molecule has 6 heteroatoms. The van der Waals surface area contributed by atoms with E-state index in [4.69, 9.17) is 5.73 Å². The fraction of sp³-hybridized carbons (Fsp3) is 0.136. The van der Waals surface area contributed by atoms with E-state index in [-0.39, 0.29) is 5.91 Å². The Morgan fingerprint density at radius 2 is 1.64 bits per heavy atom. The highest BCUT2D eigenvalue weighted by atomic mass is 19.4. The molecule has 0 aromatic heterocycles. The summed E-state index contributed by atoms with van der Waals surface area (Å²) in [5, 5.41) is 2.84. The number of halogens is 3. The Morgan fingerprint density at radius 1 is 0.929 bits per heavy atom. The van der Waals surface area contributed by atoms with E-state index < -0.39 is 11.7 Å². The predicted octanol–water partition coefficient (Wildman–Crippen LogP) is 5.13. The fourth-order valence-electron chi connectivity index (χ4n) is 2.94. The molecule has 0 aliphatic heterocycles. The molecule has 0 radical (unpaired) electrons. The second-order valence-electron chi connectivity index (χ2n) is 6.31. The zero-order valence-electron chi connectivity index (χ0n) is 15.0. The zero-order chi connectivity index (χ0) is 20.1. The van der Waals surface area contributed by atoms with E-state index in [1.165, 1.54) is 12.1 Å². The van der Waals surface area contributed by atoms with Crippen LogP contribution in [0.4, 0.5) is 18.9 Å². The van der Waals surface area contributed by atoms with Crippen LogP contribution in [0.5, 0.6) is 0 Å². The molecule has 3 N–H and O–H groups in total. The number of rotatable bonds is 5. The van der Waals surface area contributed by atoms with Crippen LogP contribution in [0.25, 0.3) is 11.1 Å². The number of alkyl halides is 3. The van der Waals surface area contributed by atoms with Gasteiger partial charge in [-0.3, -0.25) is 4.79 Å². The maximum Gasteiger partial charge on any atom is 0.416 e. The van der Waals surface area contributed by atoms with Crippen LogP contribution >= 0.6 is 0 Å². The van der Waals surface area contributed by atoms with E-state index >= 15 is 0 Å². The summed E-state index contributed by atoms with van der Waals surface area (Å²) in [6.45, 7) is 0.508. The SMILES string of the molecule is NCCc1cccc(NC(=O)c2ccccc2-c2ccc(C(F)(F)F)cc2)c1. The van der Waals surface area contributed by atoms with Crippen molar-refractivity contribution in [1.29, 1.82) is 0 Å². The lowest BCUT2D eigenvalue weighted by Gasteiger charge is -2.12. The molecule has 0 saturated carbocycles. The number of carbonyl (C=O) groups excluding carboxylic acids is 1. The smallest absolute Gasteiger partial charge is 0.330 e. The van der Waals surface area contributed by atoms with Crippen LogP contribution in [0.2, 0.25) is 0 Å². The van der Waals surface area contributed by atoms with Crippen molar-refractivity contribution in [2.45, 2.75) is 12.6 Å². The molecule has 1 amide bonds. The summed E-state index contributed by atoms with van der Waals surface area (Å²) in [6.07, 6.45) is -3.70. The van der Waals surface area contributed by atoms with Crippen LogP contribution in [-0.2, 0) is 12.6 Å². The highest BCUT2D eigenvalue weighted by molar-refractivity contribution is 6.08. The summed E-state index contributed by atoms with van der Waals surface area (Å²) in [5.74, 6) is -0.333. The van der Waals surface area contributed by atoms with Gasteiger partial charge in [-0.25, -0.2) is 0 Å². The van der Waals surface area contributed by atoms with Crippen LogP contribution < -0.4 is 11.1 Å². The number of nitrogens with one attached hydrogen (secondary N) is 1. The van der Waals surface area contributed by atoms with E-state index in [1.807, 2.05) is 18.2 Å². The minimum Gasteiger partial charge on any atom is -0.330 e. The Labute approximate surface area is 161 Å². The molecule has 0 heterocycles. The van der Waals surface area contributed by atoms with Crippen molar-refractivity contribution in [2.24, 2.45) is 5.73 Å². The van der Waals surface area contributed by atoms with Crippen molar-refractivity contribution in [2.75, 3.05) is 11.9 Å². The Morgan fingerprint density at radius 3 is 2.32 bits per heavy atom. The second-order valence-corrected chi connectivity index (χ2v) is 6.31. The highest BCUT2D eigenvalue weighted by Gasteiger charge is 2.30. The normalized spacial score (nSPS) is 11.3. The monoisotopic (exact) mass is 384 g/mol. The first kappa shape index (κ1) is 19.6.